The van der Waals surface area contributed by atoms with E-state index in [1.165, 1.54) is 38.6 Å². The van der Waals surface area contributed by atoms with Gasteiger partial charge in [0, 0.05) is 18.0 Å². The first-order valence-corrected chi connectivity index (χ1v) is 7.55. The summed E-state index contributed by atoms with van der Waals surface area (Å²) in [7, 11) is 0. The van der Waals surface area contributed by atoms with Crippen LogP contribution in [0.25, 0.3) is 33.0 Å². The number of fused-ring (bicyclic) bond motifs is 1. The van der Waals surface area contributed by atoms with Gasteiger partial charge in [-0.2, -0.15) is 0 Å². The quantitative estimate of drug-likeness (QED) is 0.478. The molecule has 1 heteroatoms. The Bertz CT molecular complexity index is 916. The number of aromatic nitrogens is 1. The molecule has 106 valence electrons. The second kappa shape index (κ2) is 5.19. The Morgan fingerprint density at radius 1 is 0.727 bits per heavy atom. The Morgan fingerprint density at radius 3 is 2.32 bits per heavy atom. The van der Waals surface area contributed by atoms with Gasteiger partial charge in [-0.3, -0.25) is 0 Å². The normalized spacial score (nSPS) is 11.0. The van der Waals surface area contributed by atoms with Crippen molar-refractivity contribution in [1.29, 1.82) is 0 Å². The molecule has 0 bridgehead atoms. The lowest BCUT2D eigenvalue weighted by Gasteiger charge is -2.13. The molecule has 0 amide bonds. The minimum atomic E-state index is 1.23. The summed E-state index contributed by atoms with van der Waals surface area (Å²) in [6.45, 7) is 2.12. The second-order valence-electron chi connectivity index (χ2n) is 5.67. The van der Waals surface area contributed by atoms with Gasteiger partial charge in [0.2, 0.25) is 0 Å². The van der Waals surface area contributed by atoms with Crippen LogP contribution in [-0.4, -0.2) is 4.98 Å². The van der Waals surface area contributed by atoms with Gasteiger partial charge in [-0.25, -0.2) is 0 Å². The number of H-pyrrole nitrogens is 1. The van der Waals surface area contributed by atoms with Crippen molar-refractivity contribution in [2.45, 2.75) is 6.92 Å². The number of aryl methyl sites for hydroxylation is 1. The van der Waals surface area contributed by atoms with Crippen molar-refractivity contribution in [2.75, 3.05) is 0 Å². The van der Waals surface area contributed by atoms with Gasteiger partial charge >= 0.3 is 0 Å². The third-order valence-corrected chi connectivity index (χ3v) is 4.18. The predicted molar refractivity (Wildman–Crippen MR) is 93.9 cm³/mol. The Labute approximate surface area is 130 Å². The average Bonchev–Trinajstić information content (AvgIpc) is 3.09. The second-order valence-corrected chi connectivity index (χ2v) is 5.67. The highest BCUT2D eigenvalue weighted by Gasteiger charge is 2.11. The van der Waals surface area contributed by atoms with Crippen molar-refractivity contribution >= 4 is 10.8 Å². The molecule has 1 aromatic heterocycles. The summed E-state index contributed by atoms with van der Waals surface area (Å²) in [6, 6.07) is 23.9. The number of hydrogen-bond acceptors (Lipinski definition) is 0. The standard InChI is InChI=1S/C21H17N/c1-15-6-8-17(9-7-15)20-11-10-16-4-2-3-5-19(16)21(20)18-12-13-22-14-18/h2-14,22H,1H3. The SMILES string of the molecule is Cc1ccc(-c2ccc3ccccc3c2-c2cc[nH]c2)cc1. The molecule has 0 spiro atoms. The molecule has 0 aliphatic rings. The summed E-state index contributed by atoms with van der Waals surface area (Å²) in [5.41, 5.74) is 6.34. The summed E-state index contributed by atoms with van der Waals surface area (Å²) >= 11 is 0. The van der Waals surface area contributed by atoms with E-state index in [0.29, 0.717) is 0 Å². The number of nitrogens with one attached hydrogen (secondary N) is 1. The number of benzene rings is 3. The first-order valence-electron chi connectivity index (χ1n) is 7.55. The van der Waals surface area contributed by atoms with Gasteiger partial charge in [0.1, 0.15) is 0 Å². The molecule has 0 aliphatic carbocycles. The van der Waals surface area contributed by atoms with Gasteiger partial charge < -0.3 is 4.98 Å². The molecular weight excluding hydrogens is 266 g/mol. The predicted octanol–water partition coefficient (Wildman–Crippen LogP) is 5.81. The van der Waals surface area contributed by atoms with E-state index in [1.54, 1.807) is 0 Å². The molecule has 0 fully saturated rings. The molecule has 4 aromatic rings. The van der Waals surface area contributed by atoms with Crippen LogP contribution in [0.1, 0.15) is 5.56 Å². The third-order valence-electron chi connectivity index (χ3n) is 4.18. The van der Waals surface area contributed by atoms with Crippen LogP contribution in [-0.2, 0) is 0 Å². The monoisotopic (exact) mass is 283 g/mol. The van der Waals surface area contributed by atoms with Crippen LogP contribution in [0.2, 0.25) is 0 Å². The van der Waals surface area contributed by atoms with E-state index in [2.05, 4.69) is 84.8 Å². The average molecular weight is 283 g/mol. The highest BCUT2D eigenvalue weighted by molar-refractivity contribution is 6.04. The van der Waals surface area contributed by atoms with Crippen molar-refractivity contribution in [2.24, 2.45) is 0 Å². The van der Waals surface area contributed by atoms with Crippen LogP contribution < -0.4 is 0 Å². The number of hydrogen-bond donors (Lipinski definition) is 1. The smallest absolute Gasteiger partial charge is 0.00846 e. The molecule has 0 saturated carbocycles. The Balaban J connectivity index is 2.06. The maximum atomic E-state index is 3.18. The zero-order chi connectivity index (χ0) is 14.9. The van der Waals surface area contributed by atoms with Crippen molar-refractivity contribution in [1.82, 2.24) is 4.98 Å². The molecule has 22 heavy (non-hydrogen) atoms. The summed E-state index contributed by atoms with van der Waals surface area (Å²) in [5.74, 6) is 0. The van der Waals surface area contributed by atoms with Crippen molar-refractivity contribution in [3.05, 3.63) is 84.7 Å². The van der Waals surface area contributed by atoms with E-state index in [0.717, 1.165) is 0 Å². The molecule has 0 saturated heterocycles. The molecule has 0 aliphatic heterocycles. The van der Waals surface area contributed by atoms with Crippen LogP contribution in [0.3, 0.4) is 0 Å². The fraction of sp³-hybridized carbons (Fsp3) is 0.0476. The molecule has 1 nitrogen and oxygen atoms in total. The summed E-state index contributed by atoms with van der Waals surface area (Å²) < 4.78 is 0. The highest BCUT2D eigenvalue weighted by atomic mass is 14.6. The van der Waals surface area contributed by atoms with E-state index in [-0.39, 0.29) is 0 Å². The molecule has 0 unspecified atom stereocenters. The van der Waals surface area contributed by atoms with Gasteiger partial charge in [-0.1, -0.05) is 66.2 Å². The maximum Gasteiger partial charge on any atom is 0.00846 e. The van der Waals surface area contributed by atoms with Crippen LogP contribution in [0.15, 0.2) is 79.1 Å². The first kappa shape index (κ1) is 12.9. The fourth-order valence-electron chi connectivity index (χ4n) is 3.04. The van der Waals surface area contributed by atoms with Gasteiger partial charge in [-0.05, 0) is 40.5 Å². The number of aromatic amines is 1. The summed E-state index contributed by atoms with van der Waals surface area (Å²) in [5, 5.41) is 2.56. The molecule has 1 N–H and O–H groups in total. The fourth-order valence-corrected chi connectivity index (χ4v) is 3.04. The topological polar surface area (TPSA) is 15.8 Å². The Kier molecular flexibility index (Phi) is 3.05. The first-order chi connectivity index (χ1) is 10.8. The van der Waals surface area contributed by atoms with E-state index in [1.807, 2.05) is 6.20 Å². The van der Waals surface area contributed by atoms with E-state index in [9.17, 15) is 0 Å². The van der Waals surface area contributed by atoms with Crippen molar-refractivity contribution < 1.29 is 0 Å². The molecule has 4 rings (SSSR count). The lowest BCUT2D eigenvalue weighted by molar-refractivity contribution is 1.41. The van der Waals surface area contributed by atoms with Crippen LogP contribution in [0.5, 0.6) is 0 Å². The van der Waals surface area contributed by atoms with Gasteiger partial charge in [0.25, 0.3) is 0 Å². The molecule has 0 atom stereocenters. The number of rotatable bonds is 2. The largest absolute Gasteiger partial charge is 0.367 e. The van der Waals surface area contributed by atoms with E-state index < -0.39 is 0 Å². The molecule has 3 aromatic carbocycles. The van der Waals surface area contributed by atoms with Crippen LogP contribution >= 0.6 is 0 Å². The Hall–Kier alpha value is -2.80. The zero-order valence-electron chi connectivity index (χ0n) is 12.5. The van der Waals surface area contributed by atoms with Gasteiger partial charge in [0.15, 0.2) is 0 Å². The zero-order valence-corrected chi connectivity index (χ0v) is 12.5. The van der Waals surface area contributed by atoms with Gasteiger partial charge in [-0.15, -0.1) is 0 Å². The van der Waals surface area contributed by atoms with Crippen molar-refractivity contribution in [3.8, 4) is 22.3 Å². The lowest BCUT2D eigenvalue weighted by atomic mass is 9.91. The Morgan fingerprint density at radius 2 is 1.55 bits per heavy atom. The van der Waals surface area contributed by atoms with Crippen molar-refractivity contribution in [3.63, 3.8) is 0 Å². The van der Waals surface area contributed by atoms with Gasteiger partial charge in [0.05, 0.1) is 0 Å². The van der Waals surface area contributed by atoms with Crippen LogP contribution in [0.4, 0.5) is 0 Å². The maximum absolute atomic E-state index is 3.18. The third kappa shape index (κ3) is 2.11. The highest BCUT2D eigenvalue weighted by Crippen LogP contribution is 2.37. The molecular formula is C21H17N. The molecule has 0 radical (unpaired) electrons. The minimum Gasteiger partial charge on any atom is -0.367 e. The summed E-state index contributed by atoms with van der Waals surface area (Å²) in [4.78, 5) is 3.18. The lowest BCUT2D eigenvalue weighted by Crippen LogP contribution is -1.87. The minimum absolute atomic E-state index is 1.23. The summed E-state index contributed by atoms with van der Waals surface area (Å²) in [6.07, 6.45) is 4.05. The van der Waals surface area contributed by atoms with E-state index >= 15 is 0 Å². The van der Waals surface area contributed by atoms with Crippen LogP contribution in [0, 0.1) is 6.92 Å². The van der Waals surface area contributed by atoms with E-state index in [4.69, 9.17) is 0 Å². The molecule has 1 heterocycles.